The van der Waals surface area contributed by atoms with Gasteiger partial charge in [-0.3, -0.25) is 4.79 Å². The van der Waals surface area contributed by atoms with Crippen LogP contribution in [0, 0.1) is 6.92 Å². The molecular formula is C15H17N3O2. The van der Waals surface area contributed by atoms with Crippen LogP contribution < -0.4 is 5.32 Å². The number of benzene rings is 1. The van der Waals surface area contributed by atoms with Gasteiger partial charge in [0.1, 0.15) is 5.76 Å². The van der Waals surface area contributed by atoms with E-state index in [1.165, 1.54) is 11.1 Å². The van der Waals surface area contributed by atoms with Gasteiger partial charge in [0.15, 0.2) is 5.82 Å². The zero-order valence-corrected chi connectivity index (χ0v) is 11.4. The third-order valence-electron chi connectivity index (χ3n) is 3.53. The van der Waals surface area contributed by atoms with Gasteiger partial charge in [-0.05, 0) is 24.5 Å². The molecule has 1 aromatic carbocycles. The van der Waals surface area contributed by atoms with Crippen molar-refractivity contribution in [1.29, 1.82) is 0 Å². The maximum atomic E-state index is 12.2. The lowest BCUT2D eigenvalue weighted by atomic mass is 10.00. The molecule has 0 radical (unpaired) electrons. The van der Waals surface area contributed by atoms with Crippen LogP contribution in [0.25, 0.3) is 0 Å². The summed E-state index contributed by atoms with van der Waals surface area (Å²) >= 11 is 0. The highest BCUT2D eigenvalue weighted by molar-refractivity contribution is 5.80. The molecule has 0 fully saturated rings. The number of anilines is 1. The second-order valence-electron chi connectivity index (χ2n) is 5.01. The molecule has 3 rings (SSSR count). The van der Waals surface area contributed by atoms with Crippen molar-refractivity contribution in [2.24, 2.45) is 0 Å². The zero-order valence-electron chi connectivity index (χ0n) is 11.4. The van der Waals surface area contributed by atoms with Crippen LogP contribution >= 0.6 is 0 Å². The number of carbonyl (C=O) groups excluding carboxylic acids is 1. The molecule has 0 unspecified atom stereocenters. The Hall–Kier alpha value is -2.30. The predicted molar refractivity (Wildman–Crippen MR) is 75.3 cm³/mol. The van der Waals surface area contributed by atoms with E-state index in [0.717, 1.165) is 18.7 Å². The minimum atomic E-state index is 0.0835. The first-order valence-electron chi connectivity index (χ1n) is 6.74. The summed E-state index contributed by atoms with van der Waals surface area (Å²) in [7, 11) is 0. The van der Waals surface area contributed by atoms with Gasteiger partial charge in [0.25, 0.3) is 0 Å². The van der Waals surface area contributed by atoms with Crippen LogP contribution in [0.1, 0.15) is 16.9 Å². The molecular weight excluding hydrogens is 254 g/mol. The van der Waals surface area contributed by atoms with Crippen molar-refractivity contribution < 1.29 is 9.32 Å². The summed E-state index contributed by atoms with van der Waals surface area (Å²) in [4.78, 5) is 14.1. The van der Waals surface area contributed by atoms with E-state index in [2.05, 4.69) is 22.6 Å². The number of aryl methyl sites for hydroxylation is 1. The zero-order chi connectivity index (χ0) is 13.9. The predicted octanol–water partition coefficient (Wildman–Crippen LogP) is 1.98. The van der Waals surface area contributed by atoms with Crippen LogP contribution in [0.4, 0.5) is 5.82 Å². The fourth-order valence-electron chi connectivity index (χ4n) is 2.44. The summed E-state index contributed by atoms with van der Waals surface area (Å²) in [6, 6.07) is 10.1. The van der Waals surface area contributed by atoms with Crippen LogP contribution in [-0.2, 0) is 17.8 Å². The summed E-state index contributed by atoms with van der Waals surface area (Å²) in [6.07, 6.45) is 0.922. The van der Waals surface area contributed by atoms with Gasteiger partial charge >= 0.3 is 0 Å². The first kappa shape index (κ1) is 12.7. The summed E-state index contributed by atoms with van der Waals surface area (Å²) in [5, 5.41) is 6.80. The van der Waals surface area contributed by atoms with Crippen LogP contribution in [0.2, 0.25) is 0 Å². The van der Waals surface area contributed by atoms with Crippen LogP contribution in [0.5, 0.6) is 0 Å². The van der Waals surface area contributed by atoms with E-state index < -0.39 is 0 Å². The molecule has 0 bridgehead atoms. The fourth-order valence-corrected chi connectivity index (χ4v) is 2.44. The number of hydrogen-bond acceptors (Lipinski definition) is 4. The van der Waals surface area contributed by atoms with Gasteiger partial charge in [-0.2, -0.15) is 0 Å². The third kappa shape index (κ3) is 2.66. The van der Waals surface area contributed by atoms with Gasteiger partial charge in [-0.1, -0.05) is 29.4 Å². The van der Waals surface area contributed by atoms with Crippen molar-refractivity contribution in [3.63, 3.8) is 0 Å². The quantitative estimate of drug-likeness (QED) is 0.927. The van der Waals surface area contributed by atoms with E-state index in [9.17, 15) is 4.79 Å². The highest BCUT2D eigenvalue weighted by Gasteiger charge is 2.20. The molecule has 2 heterocycles. The van der Waals surface area contributed by atoms with Crippen molar-refractivity contribution in [3.8, 4) is 0 Å². The first-order chi connectivity index (χ1) is 9.72. The van der Waals surface area contributed by atoms with Crippen molar-refractivity contribution >= 4 is 11.7 Å². The first-order valence-corrected chi connectivity index (χ1v) is 6.74. The molecule has 1 aromatic heterocycles. The van der Waals surface area contributed by atoms with E-state index >= 15 is 0 Å². The molecule has 0 saturated heterocycles. The highest BCUT2D eigenvalue weighted by Crippen LogP contribution is 2.18. The highest BCUT2D eigenvalue weighted by atomic mass is 16.5. The smallest absolute Gasteiger partial charge is 0.242 e. The second-order valence-corrected chi connectivity index (χ2v) is 5.01. The van der Waals surface area contributed by atoms with E-state index in [4.69, 9.17) is 4.52 Å². The van der Waals surface area contributed by atoms with Gasteiger partial charge in [0, 0.05) is 19.2 Å². The SMILES string of the molecule is Cc1cc(NCC(=O)N2CCc3ccccc3C2)no1. The molecule has 2 aromatic rings. The van der Waals surface area contributed by atoms with E-state index in [1.54, 1.807) is 6.07 Å². The number of hydrogen-bond donors (Lipinski definition) is 1. The average molecular weight is 271 g/mol. The molecule has 20 heavy (non-hydrogen) atoms. The summed E-state index contributed by atoms with van der Waals surface area (Å²) in [6.45, 7) is 3.53. The van der Waals surface area contributed by atoms with Crippen molar-refractivity contribution in [2.75, 3.05) is 18.4 Å². The maximum absolute atomic E-state index is 12.2. The molecule has 0 saturated carbocycles. The lowest BCUT2D eigenvalue weighted by Gasteiger charge is -2.28. The molecule has 1 aliphatic heterocycles. The summed E-state index contributed by atoms with van der Waals surface area (Å²) < 4.78 is 4.95. The number of rotatable bonds is 3. The lowest BCUT2D eigenvalue weighted by molar-refractivity contribution is -0.130. The number of nitrogens with zero attached hydrogens (tertiary/aromatic N) is 2. The third-order valence-corrected chi connectivity index (χ3v) is 3.53. The molecule has 1 amide bonds. The Morgan fingerprint density at radius 2 is 2.20 bits per heavy atom. The number of carbonyl (C=O) groups is 1. The molecule has 5 nitrogen and oxygen atoms in total. The molecule has 1 N–H and O–H groups in total. The number of aromatic nitrogens is 1. The molecule has 0 atom stereocenters. The van der Waals surface area contributed by atoms with E-state index in [-0.39, 0.29) is 12.5 Å². The molecule has 5 heteroatoms. The molecule has 104 valence electrons. The standard InChI is InChI=1S/C15H17N3O2/c1-11-8-14(17-20-11)16-9-15(19)18-7-6-12-4-2-3-5-13(12)10-18/h2-5,8H,6-7,9-10H2,1H3,(H,16,17). The largest absolute Gasteiger partial charge is 0.360 e. The molecule has 0 aliphatic carbocycles. The van der Waals surface area contributed by atoms with Gasteiger partial charge in [-0.25, -0.2) is 0 Å². The van der Waals surface area contributed by atoms with Gasteiger partial charge in [0.2, 0.25) is 5.91 Å². The minimum Gasteiger partial charge on any atom is -0.360 e. The second kappa shape index (κ2) is 5.36. The summed E-state index contributed by atoms with van der Waals surface area (Å²) in [5.74, 6) is 1.42. The Morgan fingerprint density at radius 1 is 1.40 bits per heavy atom. The molecule has 1 aliphatic rings. The van der Waals surface area contributed by atoms with E-state index in [0.29, 0.717) is 12.4 Å². The van der Waals surface area contributed by atoms with Gasteiger partial charge in [-0.15, -0.1) is 0 Å². The summed E-state index contributed by atoms with van der Waals surface area (Å²) in [5.41, 5.74) is 2.58. The Morgan fingerprint density at radius 3 is 2.95 bits per heavy atom. The number of nitrogens with one attached hydrogen (secondary N) is 1. The van der Waals surface area contributed by atoms with Crippen LogP contribution in [-0.4, -0.2) is 29.1 Å². The topological polar surface area (TPSA) is 58.4 Å². The van der Waals surface area contributed by atoms with Crippen LogP contribution in [0.3, 0.4) is 0 Å². The Bertz CT molecular complexity index is 621. The number of amides is 1. The van der Waals surface area contributed by atoms with Crippen LogP contribution in [0.15, 0.2) is 34.9 Å². The normalized spacial score (nSPS) is 13.9. The van der Waals surface area contributed by atoms with Crippen molar-refractivity contribution in [1.82, 2.24) is 10.1 Å². The number of fused-ring (bicyclic) bond motifs is 1. The van der Waals surface area contributed by atoms with Crippen molar-refractivity contribution in [3.05, 3.63) is 47.2 Å². The Kier molecular flexibility index (Phi) is 3.41. The Balaban J connectivity index is 1.59. The lowest BCUT2D eigenvalue weighted by Crippen LogP contribution is -2.39. The van der Waals surface area contributed by atoms with Gasteiger partial charge in [0.05, 0.1) is 6.54 Å². The fraction of sp³-hybridized carbons (Fsp3) is 0.333. The average Bonchev–Trinajstić information content (AvgIpc) is 2.90. The molecule has 0 spiro atoms. The van der Waals surface area contributed by atoms with Crippen molar-refractivity contribution in [2.45, 2.75) is 19.9 Å². The maximum Gasteiger partial charge on any atom is 0.242 e. The van der Waals surface area contributed by atoms with E-state index in [1.807, 2.05) is 24.0 Å². The minimum absolute atomic E-state index is 0.0835. The monoisotopic (exact) mass is 271 g/mol. The van der Waals surface area contributed by atoms with Gasteiger partial charge < -0.3 is 14.7 Å². The Labute approximate surface area is 117 Å².